The van der Waals surface area contributed by atoms with Gasteiger partial charge in [-0.3, -0.25) is 4.98 Å². The Bertz CT molecular complexity index is 726. The van der Waals surface area contributed by atoms with Gasteiger partial charge in [-0.05, 0) is 55.2 Å². The van der Waals surface area contributed by atoms with Gasteiger partial charge in [-0.15, -0.1) is 0 Å². The van der Waals surface area contributed by atoms with Crippen LogP contribution in [0.15, 0.2) is 60.2 Å². The maximum Gasteiger partial charge on any atom is 0.371 e. The fourth-order valence-electron chi connectivity index (χ4n) is 2.68. The maximum absolute atomic E-state index is 11.0. The van der Waals surface area contributed by atoms with Crippen molar-refractivity contribution in [2.75, 3.05) is 0 Å². The number of allylic oxidation sites excluding steroid dienone is 6. The van der Waals surface area contributed by atoms with Crippen molar-refractivity contribution in [3.05, 3.63) is 71.5 Å². The quantitative estimate of drug-likeness (QED) is 0.925. The summed E-state index contributed by atoms with van der Waals surface area (Å²) >= 11 is 0. The standard InChI is InChI=1S/C18H17NO3/c1-12-10-14(8-9-19-12)13-4-2-5-15(11-13)16-6-3-7-17(22-16)18(20)21/h2,4-10,15H,3,11H2,1H3,(H,20,21). The number of hydrogen-bond donors (Lipinski definition) is 1. The molecule has 1 aliphatic carbocycles. The first-order chi connectivity index (χ1) is 10.6. The Labute approximate surface area is 129 Å². The highest BCUT2D eigenvalue weighted by molar-refractivity contribution is 5.84. The zero-order valence-electron chi connectivity index (χ0n) is 12.3. The molecule has 1 N–H and O–H groups in total. The van der Waals surface area contributed by atoms with E-state index in [2.05, 4.69) is 17.1 Å². The highest BCUT2D eigenvalue weighted by Gasteiger charge is 2.23. The topological polar surface area (TPSA) is 59.4 Å². The number of carboxylic acid groups (broad SMARTS) is 1. The molecule has 0 saturated heterocycles. The molecule has 1 aliphatic heterocycles. The number of aryl methyl sites for hydroxylation is 1. The minimum absolute atomic E-state index is 0.0155. The maximum atomic E-state index is 11.0. The van der Waals surface area contributed by atoms with E-state index in [1.807, 2.05) is 31.2 Å². The van der Waals surface area contributed by atoms with Crippen molar-refractivity contribution < 1.29 is 14.6 Å². The van der Waals surface area contributed by atoms with Gasteiger partial charge in [0.05, 0.1) is 0 Å². The molecule has 0 saturated carbocycles. The number of aliphatic carboxylic acids is 1. The van der Waals surface area contributed by atoms with E-state index in [-0.39, 0.29) is 11.7 Å². The van der Waals surface area contributed by atoms with Gasteiger partial charge in [-0.2, -0.15) is 0 Å². The number of carboxylic acids is 1. The Morgan fingerprint density at radius 3 is 3.05 bits per heavy atom. The predicted molar refractivity (Wildman–Crippen MR) is 83.7 cm³/mol. The van der Waals surface area contributed by atoms with Gasteiger partial charge >= 0.3 is 5.97 Å². The molecule has 4 heteroatoms. The summed E-state index contributed by atoms with van der Waals surface area (Å²) in [4.78, 5) is 15.3. The van der Waals surface area contributed by atoms with Gasteiger partial charge in [-0.1, -0.05) is 18.2 Å². The molecular weight excluding hydrogens is 278 g/mol. The number of nitrogens with zero attached hydrogens (tertiary/aromatic N) is 1. The van der Waals surface area contributed by atoms with Gasteiger partial charge in [0.15, 0.2) is 0 Å². The van der Waals surface area contributed by atoms with Crippen LogP contribution >= 0.6 is 0 Å². The van der Waals surface area contributed by atoms with Crippen LogP contribution in [-0.4, -0.2) is 16.1 Å². The number of hydrogen-bond acceptors (Lipinski definition) is 3. The van der Waals surface area contributed by atoms with Gasteiger partial charge in [0.2, 0.25) is 5.76 Å². The first-order valence-electron chi connectivity index (χ1n) is 7.25. The van der Waals surface area contributed by atoms with Crippen LogP contribution in [0.25, 0.3) is 5.57 Å². The highest BCUT2D eigenvalue weighted by atomic mass is 16.5. The summed E-state index contributed by atoms with van der Waals surface area (Å²) in [7, 11) is 0. The first kappa shape index (κ1) is 14.3. The minimum Gasteiger partial charge on any atom is -0.475 e. The molecule has 0 fully saturated rings. The van der Waals surface area contributed by atoms with Crippen molar-refractivity contribution in [3.8, 4) is 0 Å². The summed E-state index contributed by atoms with van der Waals surface area (Å²) < 4.78 is 5.53. The molecule has 0 amide bonds. The van der Waals surface area contributed by atoms with Crippen LogP contribution < -0.4 is 0 Å². The van der Waals surface area contributed by atoms with Gasteiger partial charge in [0, 0.05) is 17.8 Å². The Balaban J connectivity index is 1.77. The molecule has 22 heavy (non-hydrogen) atoms. The van der Waals surface area contributed by atoms with E-state index < -0.39 is 5.97 Å². The SMILES string of the molecule is Cc1cc(C2=CC=CC(C3=CCC=C(C(=O)O)O3)C2)ccn1. The van der Waals surface area contributed by atoms with Crippen molar-refractivity contribution in [2.24, 2.45) is 5.92 Å². The summed E-state index contributed by atoms with van der Waals surface area (Å²) in [6.45, 7) is 1.97. The Kier molecular flexibility index (Phi) is 3.92. The van der Waals surface area contributed by atoms with Crippen molar-refractivity contribution in [2.45, 2.75) is 19.8 Å². The Morgan fingerprint density at radius 1 is 1.41 bits per heavy atom. The monoisotopic (exact) mass is 295 g/mol. The van der Waals surface area contributed by atoms with Crippen LogP contribution in [0.1, 0.15) is 24.1 Å². The van der Waals surface area contributed by atoms with Gasteiger partial charge in [0.25, 0.3) is 0 Å². The average molecular weight is 295 g/mol. The molecule has 0 radical (unpaired) electrons. The Hall–Kier alpha value is -2.62. The summed E-state index contributed by atoms with van der Waals surface area (Å²) in [5.74, 6) is -0.225. The lowest BCUT2D eigenvalue weighted by Crippen LogP contribution is -2.14. The largest absolute Gasteiger partial charge is 0.475 e. The average Bonchev–Trinajstić information content (AvgIpc) is 2.55. The molecule has 1 aromatic heterocycles. The molecule has 4 nitrogen and oxygen atoms in total. The smallest absolute Gasteiger partial charge is 0.371 e. The normalized spacial score (nSPS) is 20.6. The zero-order chi connectivity index (χ0) is 15.5. The molecule has 2 aliphatic rings. The molecule has 112 valence electrons. The van der Waals surface area contributed by atoms with E-state index in [9.17, 15) is 4.79 Å². The molecule has 0 spiro atoms. The number of ether oxygens (including phenoxy) is 1. The summed E-state index contributed by atoms with van der Waals surface area (Å²) in [5, 5.41) is 9.06. The van der Waals surface area contributed by atoms with Crippen LogP contribution in [0, 0.1) is 12.8 Å². The van der Waals surface area contributed by atoms with Crippen LogP contribution in [0.5, 0.6) is 0 Å². The van der Waals surface area contributed by atoms with E-state index in [4.69, 9.17) is 9.84 Å². The molecule has 0 bridgehead atoms. The summed E-state index contributed by atoms with van der Waals surface area (Å²) in [6, 6.07) is 4.05. The van der Waals surface area contributed by atoms with E-state index in [0.29, 0.717) is 12.2 Å². The summed E-state index contributed by atoms with van der Waals surface area (Å²) in [6.07, 6.45) is 12.9. The summed E-state index contributed by atoms with van der Waals surface area (Å²) in [5.41, 5.74) is 3.33. The molecule has 1 unspecified atom stereocenters. The lowest BCUT2D eigenvalue weighted by atomic mass is 9.88. The van der Waals surface area contributed by atoms with Gasteiger partial charge in [0.1, 0.15) is 5.76 Å². The molecular formula is C18H17NO3. The van der Waals surface area contributed by atoms with Crippen molar-refractivity contribution in [1.82, 2.24) is 4.98 Å². The first-order valence-corrected chi connectivity index (χ1v) is 7.25. The number of rotatable bonds is 3. The number of aromatic nitrogens is 1. The second-order valence-electron chi connectivity index (χ2n) is 5.39. The van der Waals surface area contributed by atoms with E-state index in [0.717, 1.165) is 17.7 Å². The molecule has 0 aromatic carbocycles. The highest BCUT2D eigenvalue weighted by Crippen LogP contribution is 2.34. The van der Waals surface area contributed by atoms with Crippen molar-refractivity contribution >= 4 is 11.5 Å². The van der Waals surface area contributed by atoms with E-state index >= 15 is 0 Å². The van der Waals surface area contributed by atoms with Crippen LogP contribution in [0.3, 0.4) is 0 Å². The van der Waals surface area contributed by atoms with Gasteiger partial charge < -0.3 is 9.84 Å². The molecule has 3 rings (SSSR count). The third-order valence-electron chi connectivity index (χ3n) is 3.77. The van der Waals surface area contributed by atoms with Crippen LogP contribution in [-0.2, 0) is 9.53 Å². The lowest BCUT2D eigenvalue weighted by Gasteiger charge is -2.24. The number of pyridine rings is 1. The minimum atomic E-state index is -1.02. The molecule has 1 aromatic rings. The second-order valence-corrected chi connectivity index (χ2v) is 5.39. The predicted octanol–water partition coefficient (Wildman–Crippen LogP) is 3.62. The fraction of sp³-hybridized carbons (Fsp3) is 0.222. The van der Waals surface area contributed by atoms with Crippen LogP contribution in [0.4, 0.5) is 0 Å². The third kappa shape index (κ3) is 3.01. The lowest BCUT2D eigenvalue weighted by molar-refractivity contribution is -0.136. The second kappa shape index (κ2) is 6.02. The van der Waals surface area contributed by atoms with Gasteiger partial charge in [-0.25, -0.2) is 4.79 Å². The molecule has 1 atom stereocenters. The van der Waals surface area contributed by atoms with E-state index in [1.54, 1.807) is 12.3 Å². The van der Waals surface area contributed by atoms with Crippen molar-refractivity contribution in [1.29, 1.82) is 0 Å². The van der Waals surface area contributed by atoms with Crippen molar-refractivity contribution in [3.63, 3.8) is 0 Å². The third-order valence-corrected chi connectivity index (χ3v) is 3.77. The molecule has 2 heterocycles. The van der Waals surface area contributed by atoms with E-state index in [1.165, 1.54) is 5.57 Å². The van der Waals surface area contributed by atoms with Crippen LogP contribution in [0.2, 0.25) is 0 Å². The zero-order valence-corrected chi connectivity index (χ0v) is 12.3. The number of carbonyl (C=O) groups is 1. The Morgan fingerprint density at radius 2 is 2.27 bits per heavy atom. The fourth-order valence-corrected chi connectivity index (χ4v) is 2.68.